The number of ether oxygens (including phenoxy) is 2. The number of hydrogen-bond donors (Lipinski definition) is 0. The summed E-state index contributed by atoms with van der Waals surface area (Å²) in [5.41, 5.74) is 1.85. The third-order valence-electron chi connectivity index (χ3n) is 4.74. The standard InChI is InChI=1S/C20H22Cl2O2/c1-2-20(12-11-19(24-20)15-7-4-3-5-8-15)14-23-13-16-17(21)9-6-10-18(16)22/h3-10,19H,2,11-14H2,1H3. The summed E-state index contributed by atoms with van der Waals surface area (Å²) in [4.78, 5) is 0. The molecule has 2 aromatic rings. The van der Waals surface area contributed by atoms with Crippen LogP contribution in [-0.4, -0.2) is 12.2 Å². The van der Waals surface area contributed by atoms with E-state index in [-0.39, 0.29) is 11.7 Å². The first-order valence-corrected chi connectivity index (χ1v) is 9.12. The highest BCUT2D eigenvalue weighted by Crippen LogP contribution is 2.41. The van der Waals surface area contributed by atoms with Gasteiger partial charge in [-0.25, -0.2) is 0 Å². The van der Waals surface area contributed by atoms with Gasteiger partial charge in [0.25, 0.3) is 0 Å². The molecule has 0 N–H and O–H groups in total. The summed E-state index contributed by atoms with van der Waals surface area (Å²) < 4.78 is 12.3. The van der Waals surface area contributed by atoms with Gasteiger partial charge < -0.3 is 9.47 Å². The minimum atomic E-state index is -0.228. The Balaban J connectivity index is 1.61. The third-order valence-corrected chi connectivity index (χ3v) is 5.45. The van der Waals surface area contributed by atoms with Crippen molar-refractivity contribution in [2.75, 3.05) is 6.61 Å². The van der Waals surface area contributed by atoms with Crippen LogP contribution < -0.4 is 0 Å². The molecule has 3 rings (SSSR count). The quantitative estimate of drug-likeness (QED) is 0.606. The molecular weight excluding hydrogens is 343 g/mol. The first kappa shape index (κ1) is 17.8. The maximum Gasteiger partial charge on any atom is 0.0921 e. The zero-order valence-electron chi connectivity index (χ0n) is 13.8. The molecule has 0 saturated carbocycles. The summed E-state index contributed by atoms with van der Waals surface area (Å²) in [7, 11) is 0. The molecule has 0 bridgehead atoms. The second-order valence-electron chi connectivity index (χ2n) is 6.29. The largest absolute Gasteiger partial charge is 0.374 e. The lowest BCUT2D eigenvalue weighted by molar-refractivity contribution is -0.0979. The molecule has 1 aliphatic rings. The monoisotopic (exact) mass is 364 g/mol. The van der Waals surface area contributed by atoms with Crippen molar-refractivity contribution >= 4 is 23.2 Å². The number of hydrogen-bond acceptors (Lipinski definition) is 2. The summed E-state index contributed by atoms with van der Waals surface area (Å²) in [6.07, 6.45) is 3.10. The van der Waals surface area contributed by atoms with Gasteiger partial charge in [-0.1, -0.05) is 66.5 Å². The number of benzene rings is 2. The van der Waals surface area contributed by atoms with Gasteiger partial charge >= 0.3 is 0 Å². The Labute approximate surface area is 153 Å². The highest BCUT2D eigenvalue weighted by Gasteiger charge is 2.39. The summed E-state index contributed by atoms with van der Waals surface area (Å²) in [5, 5.41) is 1.28. The molecule has 4 heteroatoms. The van der Waals surface area contributed by atoms with Gasteiger partial charge in [0.1, 0.15) is 0 Å². The van der Waals surface area contributed by atoms with Crippen LogP contribution in [0.1, 0.15) is 43.4 Å². The van der Waals surface area contributed by atoms with Crippen molar-refractivity contribution in [3.8, 4) is 0 Å². The molecule has 0 spiro atoms. The minimum absolute atomic E-state index is 0.152. The zero-order chi connectivity index (χ0) is 17.0. The van der Waals surface area contributed by atoms with Gasteiger partial charge in [0.05, 0.1) is 24.9 Å². The van der Waals surface area contributed by atoms with E-state index < -0.39 is 0 Å². The van der Waals surface area contributed by atoms with E-state index in [1.807, 2.05) is 24.3 Å². The molecule has 1 heterocycles. The molecule has 2 aromatic carbocycles. The van der Waals surface area contributed by atoms with Crippen LogP contribution in [0.25, 0.3) is 0 Å². The fraction of sp³-hybridized carbons (Fsp3) is 0.400. The number of halogens is 2. The predicted molar refractivity (Wildman–Crippen MR) is 98.6 cm³/mol. The van der Waals surface area contributed by atoms with Gasteiger partial charge in [-0.3, -0.25) is 0 Å². The number of rotatable bonds is 6. The van der Waals surface area contributed by atoms with Crippen LogP contribution in [-0.2, 0) is 16.1 Å². The summed E-state index contributed by atoms with van der Waals surface area (Å²) in [6, 6.07) is 15.9. The molecule has 0 aliphatic carbocycles. The molecule has 1 fully saturated rings. The van der Waals surface area contributed by atoms with Gasteiger partial charge in [0.15, 0.2) is 0 Å². The van der Waals surface area contributed by atoms with E-state index in [9.17, 15) is 0 Å². The summed E-state index contributed by atoms with van der Waals surface area (Å²) in [6.45, 7) is 3.10. The summed E-state index contributed by atoms with van der Waals surface area (Å²) >= 11 is 12.4. The van der Waals surface area contributed by atoms with E-state index in [1.165, 1.54) is 5.56 Å². The SMILES string of the molecule is CCC1(COCc2c(Cl)cccc2Cl)CCC(c2ccccc2)O1. The van der Waals surface area contributed by atoms with Crippen LogP contribution in [0.4, 0.5) is 0 Å². The second-order valence-corrected chi connectivity index (χ2v) is 7.10. The fourth-order valence-electron chi connectivity index (χ4n) is 3.19. The third kappa shape index (κ3) is 3.94. The average molecular weight is 365 g/mol. The lowest BCUT2D eigenvalue weighted by Crippen LogP contribution is -2.33. The van der Waals surface area contributed by atoms with Crippen molar-refractivity contribution in [3.63, 3.8) is 0 Å². The molecule has 0 amide bonds. The molecule has 0 radical (unpaired) electrons. The van der Waals surface area contributed by atoms with Crippen molar-refractivity contribution in [1.29, 1.82) is 0 Å². The Morgan fingerprint density at radius 3 is 2.46 bits per heavy atom. The average Bonchev–Trinajstić information content (AvgIpc) is 3.03. The van der Waals surface area contributed by atoms with Crippen LogP contribution >= 0.6 is 23.2 Å². The van der Waals surface area contributed by atoms with Gasteiger partial charge in [0, 0.05) is 15.6 Å². The van der Waals surface area contributed by atoms with Crippen molar-refractivity contribution in [2.24, 2.45) is 0 Å². The van der Waals surface area contributed by atoms with Gasteiger partial charge in [-0.2, -0.15) is 0 Å². The topological polar surface area (TPSA) is 18.5 Å². The van der Waals surface area contributed by atoms with Gasteiger partial charge in [-0.05, 0) is 37.0 Å². The van der Waals surface area contributed by atoms with E-state index in [0.717, 1.165) is 24.8 Å². The van der Waals surface area contributed by atoms with Crippen LogP contribution in [0.5, 0.6) is 0 Å². The first-order chi connectivity index (χ1) is 11.6. The van der Waals surface area contributed by atoms with Crippen molar-refractivity contribution in [1.82, 2.24) is 0 Å². The molecular formula is C20H22Cl2O2. The predicted octanol–water partition coefficient (Wildman–Crippen LogP) is 6.21. The van der Waals surface area contributed by atoms with Crippen molar-refractivity contribution < 1.29 is 9.47 Å². The molecule has 0 aromatic heterocycles. The Morgan fingerprint density at radius 1 is 1.08 bits per heavy atom. The molecule has 1 aliphatic heterocycles. The lowest BCUT2D eigenvalue weighted by Gasteiger charge is -2.28. The molecule has 1 saturated heterocycles. The smallest absolute Gasteiger partial charge is 0.0921 e. The molecule has 2 unspecified atom stereocenters. The van der Waals surface area contributed by atoms with Crippen LogP contribution in [0.15, 0.2) is 48.5 Å². The van der Waals surface area contributed by atoms with Crippen LogP contribution in [0.2, 0.25) is 10.0 Å². The van der Waals surface area contributed by atoms with E-state index in [4.69, 9.17) is 32.7 Å². The van der Waals surface area contributed by atoms with E-state index in [1.54, 1.807) is 0 Å². The Morgan fingerprint density at radius 2 is 1.79 bits per heavy atom. The maximum atomic E-state index is 6.39. The van der Waals surface area contributed by atoms with Crippen molar-refractivity contribution in [2.45, 2.75) is 44.5 Å². The lowest BCUT2D eigenvalue weighted by atomic mass is 9.97. The molecule has 24 heavy (non-hydrogen) atoms. The summed E-state index contributed by atoms with van der Waals surface area (Å²) in [5.74, 6) is 0. The first-order valence-electron chi connectivity index (χ1n) is 8.37. The Kier molecular flexibility index (Phi) is 5.83. The molecule has 128 valence electrons. The van der Waals surface area contributed by atoms with Crippen LogP contribution in [0.3, 0.4) is 0 Å². The second kappa shape index (κ2) is 7.88. The maximum absolute atomic E-state index is 6.39. The van der Waals surface area contributed by atoms with E-state index in [0.29, 0.717) is 23.3 Å². The Bertz CT molecular complexity index is 654. The zero-order valence-corrected chi connectivity index (χ0v) is 15.3. The van der Waals surface area contributed by atoms with Gasteiger partial charge in [-0.15, -0.1) is 0 Å². The minimum Gasteiger partial charge on any atom is -0.374 e. The highest BCUT2D eigenvalue weighted by molar-refractivity contribution is 6.35. The van der Waals surface area contributed by atoms with Crippen molar-refractivity contribution in [3.05, 3.63) is 69.7 Å². The van der Waals surface area contributed by atoms with E-state index in [2.05, 4.69) is 31.2 Å². The Hall–Kier alpha value is -1.06. The molecule has 2 atom stereocenters. The normalized spacial score (nSPS) is 23.5. The highest BCUT2D eigenvalue weighted by atomic mass is 35.5. The molecule has 2 nitrogen and oxygen atoms in total. The van der Waals surface area contributed by atoms with Crippen LogP contribution in [0, 0.1) is 0 Å². The van der Waals surface area contributed by atoms with Gasteiger partial charge in [0.2, 0.25) is 0 Å². The van der Waals surface area contributed by atoms with E-state index >= 15 is 0 Å². The fourth-order valence-corrected chi connectivity index (χ4v) is 3.70.